The number of hydrogen-bond donors (Lipinski definition) is 2. The van der Waals surface area contributed by atoms with E-state index in [2.05, 4.69) is 0 Å². The van der Waals surface area contributed by atoms with E-state index in [-0.39, 0.29) is 36.4 Å². The van der Waals surface area contributed by atoms with Gasteiger partial charge in [-0.1, -0.05) is 6.07 Å². The van der Waals surface area contributed by atoms with Gasteiger partial charge in [0.25, 0.3) is 0 Å². The van der Waals surface area contributed by atoms with E-state index < -0.39 is 5.92 Å². The Balaban J connectivity index is 1.75. The molecule has 0 radical (unpaired) electrons. The summed E-state index contributed by atoms with van der Waals surface area (Å²) in [4.78, 5) is 12.7. The van der Waals surface area contributed by atoms with Crippen molar-refractivity contribution < 1.29 is 28.8 Å². The van der Waals surface area contributed by atoms with Crippen LogP contribution in [0.15, 0.2) is 24.3 Å². The van der Waals surface area contributed by atoms with Crippen molar-refractivity contribution in [1.29, 1.82) is 0 Å². The lowest BCUT2D eigenvalue weighted by atomic mass is 9.65. The zero-order valence-electron chi connectivity index (χ0n) is 15.6. The number of hydrogen-bond acceptors (Lipinski definition) is 7. The molecule has 2 unspecified atom stereocenters. The van der Waals surface area contributed by atoms with Crippen LogP contribution in [0.4, 0.5) is 0 Å². The van der Waals surface area contributed by atoms with E-state index in [0.717, 1.165) is 16.7 Å². The van der Waals surface area contributed by atoms with Crippen molar-refractivity contribution in [3.8, 4) is 23.0 Å². The summed E-state index contributed by atoms with van der Waals surface area (Å²) in [6, 6.07) is 7.16. The SMILES string of the molecule is COc1cc(C2c3cc4c(cc3[C@@H](N)[C@H]3COC(=O)C23)OCO4)cc(C)c1O. The first-order valence-corrected chi connectivity index (χ1v) is 9.22. The zero-order chi connectivity index (χ0) is 19.6. The highest BCUT2D eigenvalue weighted by molar-refractivity contribution is 5.79. The standard InChI is InChI=1S/C21H21NO6/c1-9-3-10(4-16(25-2)20(9)23)17-11-5-14-15(28-8-27-14)6-12(11)19(22)13-7-26-21(24)18(13)17/h3-6,13,17-19,23H,7-8,22H2,1-2H3/t13-,17?,18?,19+/m0/s1. The molecule has 1 fully saturated rings. The maximum absolute atomic E-state index is 12.7. The van der Waals surface area contributed by atoms with Crippen LogP contribution in [0.5, 0.6) is 23.0 Å². The minimum atomic E-state index is -0.406. The number of phenols is 1. The summed E-state index contributed by atoms with van der Waals surface area (Å²) in [6.07, 6.45) is 0. The summed E-state index contributed by atoms with van der Waals surface area (Å²) >= 11 is 0. The molecule has 3 aliphatic rings. The zero-order valence-corrected chi connectivity index (χ0v) is 15.6. The van der Waals surface area contributed by atoms with Crippen LogP contribution in [-0.2, 0) is 9.53 Å². The average molecular weight is 383 g/mol. The minimum Gasteiger partial charge on any atom is -0.504 e. The lowest BCUT2D eigenvalue weighted by Gasteiger charge is -2.37. The van der Waals surface area contributed by atoms with Crippen molar-refractivity contribution in [2.45, 2.75) is 18.9 Å². The van der Waals surface area contributed by atoms with Gasteiger partial charge in [-0.15, -0.1) is 0 Å². The lowest BCUT2D eigenvalue weighted by molar-refractivity contribution is -0.141. The van der Waals surface area contributed by atoms with Gasteiger partial charge < -0.3 is 29.8 Å². The molecule has 7 heteroatoms. The third kappa shape index (κ3) is 2.29. The number of benzene rings is 2. The molecule has 0 aromatic heterocycles. The largest absolute Gasteiger partial charge is 0.504 e. The molecule has 1 saturated heterocycles. The van der Waals surface area contributed by atoms with Crippen molar-refractivity contribution in [1.82, 2.24) is 0 Å². The molecule has 0 saturated carbocycles. The van der Waals surface area contributed by atoms with Crippen molar-refractivity contribution in [2.75, 3.05) is 20.5 Å². The quantitative estimate of drug-likeness (QED) is 0.768. The van der Waals surface area contributed by atoms with Crippen LogP contribution in [0.3, 0.4) is 0 Å². The summed E-state index contributed by atoms with van der Waals surface area (Å²) < 4.78 is 21.8. The molecular weight excluding hydrogens is 362 g/mol. The monoisotopic (exact) mass is 383 g/mol. The third-order valence-corrected chi connectivity index (χ3v) is 6.11. The molecule has 0 amide bonds. The Morgan fingerprint density at radius 3 is 2.54 bits per heavy atom. The fourth-order valence-electron chi connectivity index (χ4n) is 4.72. The van der Waals surface area contributed by atoms with Gasteiger partial charge in [0.2, 0.25) is 6.79 Å². The van der Waals surface area contributed by atoms with Gasteiger partial charge in [0.15, 0.2) is 23.0 Å². The Morgan fingerprint density at radius 1 is 1.11 bits per heavy atom. The Hall–Kier alpha value is -2.93. The highest BCUT2D eigenvalue weighted by Crippen LogP contribution is 2.54. The van der Waals surface area contributed by atoms with Crippen LogP contribution < -0.4 is 19.9 Å². The van der Waals surface area contributed by atoms with Crippen LogP contribution >= 0.6 is 0 Å². The second kappa shape index (κ2) is 6.04. The number of rotatable bonds is 2. The Labute approximate surface area is 162 Å². The van der Waals surface area contributed by atoms with Gasteiger partial charge in [0.05, 0.1) is 19.6 Å². The van der Waals surface area contributed by atoms with E-state index in [1.165, 1.54) is 7.11 Å². The first kappa shape index (κ1) is 17.2. The predicted octanol–water partition coefficient (Wildman–Crippen LogP) is 2.37. The van der Waals surface area contributed by atoms with Gasteiger partial charge in [-0.25, -0.2) is 0 Å². The summed E-state index contributed by atoms with van der Waals surface area (Å²) in [5, 5.41) is 10.3. The molecule has 1 aliphatic carbocycles. The molecule has 2 heterocycles. The van der Waals surface area contributed by atoms with Crippen molar-refractivity contribution in [3.05, 3.63) is 46.5 Å². The minimum absolute atomic E-state index is 0.0928. The number of aryl methyl sites for hydroxylation is 1. The molecule has 146 valence electrons. The number of aromatic hydroxyl groups is 1. The fourth-order valence-corrected chi connectivity index (χ4v) is 4.72. The van der Waals surface area contributed by atoms with Crippen LogP contribution in [-0.4, -0.2) is 31.6 Å². The van der Waals surface area contributed by atoms with Gasteiger partial charge >= 0.3 is 5.97 Å². The number of ether oxygens (including phenoxy) is 4. The lowest BCUT2D eigenvalue weighted by Crippen LogP contribution is -2.38. The number of cyclic esters (lactones) is 1. The second-order valence-corrected chi connectivity index (χ2v) is 7.55. The molecule has 0 spiro atoms. The maximum atomic E-state index is 12.7. The van der Waals surface area contributed by atoms with E-state index >= 15 is 0 Å². The average Bonchev–Trinajstić information content (AvgIpc) is 3.30. The topological polar surface area (TPSA) is 100 Å². The highest BCUT2D eigenvalue weighted by Gasteiger charge is 2.51. The Morgan fingerprint density at radius 2 is 1.82 bits per heavy atom. The molecule has 28 heavy (non-hydrogen) atoms. The second-order valence-electron chi connectivity index (χ2n) is 7.55. The fraction of sp³-hybridized carbons (Fsp3) is 0.381. The number of esters is 1. The van der Waals surface area contributed by atoms with E-state index in [0.29, 0.717) is 29.4 Å². The molecule has 2 aliphatic heterocycles. The van der Waals surface area contributed by atoms with Crippen LogP contribution in [0.1, 0.15) is 34.2 Å². The molecule has 0 bridgehead atoms. The third-order valence-electron chi connectivity index (χ3n) is 6.11. The van der Waals surface area contributed by atoms with E-state index in [4.69, 9.17) is 24.7 Å². The van der Waals surface area contributed by atoms with Gasteiger partial charge in [-0.3, -0.25) is 4.79 Å². The first-order chi connectivity index (χ1) is 13.5. The van der Waals surface area contributed by atoms with Crippen LogP contribution in [0, 0.1) is 18.8 Å². The van der Waals surface area contributed by atoms with Gasteiger partial charge in [0.1, 0.15) is 0 Å². The van der Waals surface area contributed by atoms with E-state index in [1.807, 2.05) is 18.2 Å². The summed E-state index contributed by atoms with van der Waals surface area (Å²) in [5.74, 6) is 0.697. The van der Waals surface area contributed by atoms with Gasteiger partial charge in [0, 0.05) is 17.9 Å². The molecule has 4 atom stereocenters. The number of methoxy groups -OCH3 is 1. The number of carbonyl (C=O) groups excluding carboxylic acids is 1. The molecule has 2 aromatic carbocycles. The molecule has 7 nitrogen and oxygen atoms in total. The number of carbonyl (C=O) groups is 1. The summed E-state index contributed by atoms with van der Waals surface area (Å²) in [6.45, 7) is 2.27. The Bertz CT molecular complexity index is 987. The first-order valence-electron chi connectivity index (χ1n) is 9.22. The molecule has 5 rings (SSSR count). The highest BCUT2D eigenvalue weighted by atomic mass is 16.7. The van der Waals surface area contributed by atoms with Gasteiger partial charge in [-0.2, -0.15) is 0 Å². The summed E-state index contributed by atoms with van der Waals surface area (Å²) in [7, 11) is 1.51. The molecule has 3 N–H and O–H groups in total. The number of phenolic OH excluding ortho intramolecular Hbond substituents is 1. The number of fused-ring (bicyclic) bond motifs is 3. The predicted molar refractivity (Wildman–Crippen MR) is 98.7 cm³/mol. The van der Waals surface area contributed by atoms with Gasteiger partial charge in [-0.05, 0) is 47.4 Å². The molecule has 2 aromatic rings. The maximum Gasteiger partial charge on any atom is 0.310 e. The molecular formula is C21H21NO6. The van der Waals surface area contributed by atoms with Crippen LogP contribution in [0.2, 0.25) is 0 Å². The van der Waals surface area contributed by atoms with Crippen molar-refractivity contribution in [2.24, 2.45) is 17.6 Å². The smallest absolute Gasteiger partial charge is 0.310 e. The number of nitrogens with two attached hydrogens (primary N) is 1. The van der Waals surface area contributed by atoms with Crippen molar-refractivity contribution in [3.63, 3.8) is 0 Å². The summed E-state index contributed by atoms with van der Waals surface area (Å²) in [5.41, 5.74) is 9.94. The van der Waals surface area contributed by atoms with Crippen LogP contribution in [0.25, 0.3) is 0 Å². The normalized spacial score (nSPS) is 27.2. The Kier molecular flexibility index (Phi) is 3.71. The van der Waals surface area contributed by atoms with Crippen molar-refractivity contribution >= 4 is 5.97 Å². The van der Waals surface area contributed by atoms with E-state index in [9.17, 15) is 9.90 Å². The van der Waals surface area contributed by atoms with E-state index in [1.54, 1.807) is 13.0 Å².